The number of sulfone groups is 1. The first-order valence-electron chi connectivity index (χ1n) is 11.4. The second kappa shape index (κ2) is 10.4. The van der Waals surface area contributed by atoms with Gasteiger partial charge in [-0.25, -0.2) is 8.42 Å². The number of methoxy groups -OCH3 is 2. The molecule has 3 aromatic rings. The molecule has 0 radical (unpaired) electrons. The van der Waals surface area contributed by atoms with Gasteiger partial charge in [0.2, 0.25) is 11.8 Å². The molecule has 4 rings (SSSR count). The van der Waals surface area contributed by atoms with E-state index in [1.165, 1.54) is 38.2 Å². The van der Waals surface area contributed by atoms with Gasteiger partial charge in [-0.1, -0.05) is 18.2 Å². The van der Waals surface area contributed by atoms with Crippen molar-refractivity contribution < 1.29 is 32.3 Å². The molecule has 0 saturated heterocycles. The number of Topliss-reactive ketones (excluding diaryl/α,β-unsaturated/α-hetero) is 1. The van der Waals surface area contributed by atoms with E-state index in [0.29, 0.717) is 28.3 Å². The number of ether oxygens (including phenoxy) is 2. The summed E-state index contributed by atoms with van der Waals surface area (Å²) in [5.41, 5.74) is 1.46. The number of nitrogens with zero attached hydrogens (tertiary/aromatic N) is 1. The number of amides is 2. The molecule has 0 fully saturated rings. The van der Waals surface area contributed by atoms with Gasteiger partial charge < -0.3 is 19.7 Å². The summed E-state index contributed by atoms with van der Waals surface area (Å²) in [6.07, 6.45) is -0.368. The highest BCUT2D eigenvalue weighted by Crippen LogP contribution is 2.42. The van der Waals surface area contributed by atoms with Gasteiger partial charge in [0, 0.05) is 17.7 Å². The smallest absolute Gasteiger partial charge is 0.244 e. The lowest BCUT2D eigenvalue weighted by Gasteiger charge is -2.22. The second-order valence-electron chi connectivity index (χ2n) is 8.48. The lowest BCUT2D eigenvalue weighted by molar-refractivity contribution is -0.121. The molecule has 9 nitrogen and oxygen atoms in total. The van der Waals surface area contributed by atoms with Gasteiger partial charge in [0.05, 0.1) is 30.1 Å². The largest absolute Gasteiger partial charge is 0.493 e. The third kappa shape index (κ3) is 5.19. The van der Waals surface area contributed by atoms with E-state index in [1.807, 2.05) is 0 Å². The predicted octanol–water partition coefficient (Wildman–Crippen LogP) is 3.80. The first-order valence-corrected chi connectivity index (χ1v) is 13.0. The number of anilines is 2. The SMILES string of the molecule is COc1ccc(C2CC(=O)N(CC(=O)Nc3ccc(C(C)=O)cc3)c3ccccc3S2(=O)=O)cc1OC. The van der Waals surface area contributed by atoms with E-state index < -0.39 is 33.4 Å². The zero-order valence-electron chi connectivity index (χ0n) is 20.6. The molecular weight excluding hydrogens is 496 g/mol. The van der Waals surface area contributed by atoms with Gasteiger partial charge in [0.1, 0.15) is 6.54 Å². The van der Waals surface area contributed by atoms with Crippen LogP contribution in [0.4, 0.5) is 11.4 Å². The summed E-state index contributed by atoms with van der Waals surface area (Å²) in [7, 11) is -1.10. The highest BCUT2D eigenvalue weighted by molar-refractivity contribution is 7.92. The van der Waals surface area contributed by atoms with Crippen LogP contribution in [0.1, 0.15) is 34.5 Å². The molecule has 2 amide bonds. The highest BCUT2D eigenvalue weighted by Gasteiger charge is 2.40. The van der Waals surface area contributed by atoms with E-state index in [0.717, 1.165) is 0 Å². The summed E-state index contributed by atoms with van der Waals surface area (Å²) in [6, 6.07) is 17.2. The Morgan fingerprint density at radius 1 is 0.973 bits per heavy atom. The number of carbonyl (C=O) groups excluding carboxylic acids is 3. The fourth-order valence-corrected chi connectivity index (χ4v) is 6.15. The summed E-state index contributed by atoms with van der Waals surface area (Å²) in [6.45, 7) is 1.05. The predicted molar refractivity (Wildman–Crippen MR) is 138 cm³/mol. The number of fused-ring (bicyclic) bond motifs is 1. The Kier molecular flexibility index (Phi) is 7.30. The zero-order chi connectivity index (χ0) is 26.7. The third-order valence-corrected chi connectivity index (χ3v) is 8.30. The normalized spacial score (nSPS) is 16.4. The van der Waals surface area contributed by atoms with Crippen molar-refractivity contribution in [2.45, 2.75) is 23.5 Å². The van der Waals surface area contributed by atoms with Crippen LogP contribution in [-0.2, 0) is 19.4 Å². The van der Waals surface area contributed by atoms with Crippen molar-refractivity contribution >= 4 is 38.8 Å². The molecule has 1 unspecified atom stereocenters. The minimum atomic E-state index is -4.01. The minimum absolute atomic E-state index is 0.0424. The fraction of sp³-hybridized carbons (Fsp3) is 0.222. The van der Waals surface area contributed by atoms with Gasteiger partial charge in [0.15, 0.2) is 27.1 Å². The molecular formula is C27H26N2O7S. The van der Waals surface area contributed by atoms with Crippen molar-refractivity contribution in [3.63, 3.8) is 0 Å². The summed E-state index contributed by atoms with van der Waals surface area (Å²) in [4.78, 5) is 38.9. The molecule has 0 spiro atoms. The maximum atomic E-state index is 13.8. The van der Waals surface area contributed by atoms with E-state index in [9.17, 15) is 22.8 Å². The first kappa shape index (κ1) is 25.9. The number of hydrogen-bond donors (Lipinski definition) is 1. The van der Waals surface area contributed by atoms with E-state index in [1.54, 1.807) is 54.6 Å². The number of nitrogens with one attached hydrogen (secondary N) is 1. The van der Waals surface area contributed by atoms with Crippen molar-refractivity contribution in [2.75, 3.05) is 31.0 Å². The number of rotatable bonds is 7. The molecule has 0 bridgehead atoms. The molecule has 1 aliphatic rings. The molecule has 0 aromatic heterocycles. The molecule has 10 heteroatoms. The monoisotopic (exact) mass is 522 g/mol. The first-order chi connectivity index (χ1) is 17.6. The Bertz CT molecular complexity index is 1470. The van der Waals surface area contributed by atoms with E-state index in [4.69, 9.17) is 9.47 Å². The zero-order valence-corrected chi connectivity index (χ0v) is 21.4. The maximum Gasteiger partial charge on any atom is 0.244 e. The van der Waals surface area contributed by atoms with Crippen LogP contribution in [0.3, 0.4) is 0 Å². The van der Waals surface area contributed by atoms with Crippen molar-refractivity contribution in [3.8, 4) is 11.5 Å². The molecule has 0 saturated carbocycles. The Hall–Kier alpha value is -4.18. The second-order valence-corrected chi connectivity index (χ2v) is 10.6. The summed E-state index contributed by atoms with van der Waals surface area (Å²) >= 11 is 0. The minimum Gasteiger partial charge on any atom is -0.493 e. The fourth-order valence-electron chi connectivity index (χ4n) is 4.24. The van der Waals surface area contributed by atoms with Gasteiger partial charge in [-0.3, -0.25) is 14.4 Å². The molecule has 1 atom stereocenters. The average molecular weight is 523 g/mol. The Morgan fingerprint density at radius 3 is 2.30 bits per heavy atom. The standard InChI is InChI=1S/C27H26N2O7S/c1-17(30)18-8-11-20(12-9-18)28-26(31)16-29-21-6-4-5-7-24(21)37(33,34)25(15-27(29)32)19-10-13-22(35-2)23(14-19)36-3/h4-14,25H,15-16H2,1-3H3,(H,28,31). The Labute approximate surface area is 214 Å². The van der Waals surface area contributed by atoms with Gasteiger partial charge in [-0.2, -0.15) is 0 Å². The van der Waals surface area contributed by atoms with Crippen LogP contribution in [0.25, 0.3) is 0 Å². The molecule has 1 aliphatic heterocycles. The van der Waals surface area contributed by atoms with E-state index >= 15 is 0 Å². The van der Waals surface area contributed by atoms with Crippen molar-refractivity contribution in [3.05, 3.63) is 77.9 Å². The number of ketones is 1. The molecule has 3 aromatic carbocycles. The topological polar surface area (TPSA) is 119 Å². The third-order valence-electron chi connectivity index (χ3n) is 6.15. The van der Waals surface area contributed by atoms with E-state index in [-0.39, 0.29) is 22.8 Å². The van der Waals surface area contributed by atoms with Crippen LogP contribution in [-0.4, -0.2) is 46.8 Å². The Balaban J connectivity index is 1.67. The molecule has 1 N–H and O–H groups in total. The molecule has 0 aliphatic carbocycles. The lowest BCUT2D eigenvalue weighted by atomic mass is 10.1. The van der Waals surface area contributed by atoms with Gasteiger partial charge in [0.25, 0.3) is 0 Å². The lowest BCUT2D eigenvalue weighted by Crippen LogP contribution is -2.38. The van der Waals surface area contributed by atoms with Crippen LogP contribution < -0.4 is 19.7 Å². The number of benzene rings is 3. The van der Waals surface area contributed by atoms with E-state index in [2.05, 4.69) is 5.32 Å². The number of carbonyl (C=O) groups is 3. The van der Waals surface area contributed by atoms with Crippen molar-refractivity contribution in [2.24, 2.45) is 0 Å². The number of hydrogen-bond acceptors (Lipinski definition) is 7. The average Bonchev–Trinajstić information content (AvgIpc) is 2.97. The van der Waals surface area contributed by atoms with Crippen LogP contribution >= 0.6 is 0 Å². The van der Waals surface area contributed by atoms with Crippen molar-refractivity contribution in [1.29, 1.82) is 0 Å². The van der Waals surface area contributed by atoms with Crippen LogP contribution in [0, 0.1) is 0 Å². The summed E-state index contributed by atoms with van der Waals surface area (Å²) in [5.74, 6) is -0.364. The maximum absolute atomic E-state index is 13.8. The highest BCUT2D eigenvalue weighted by atomic mass is 32.2. The van der Waals surface area contributed by atoms with Crippen LogP contribution in [0.15, 0.2) is 71.6 Å². The quantitative estimate of drug-likeness (QED) is 0.469. The Morgan fingerprint density at radius 2 is 1.65 bits per heavy atom. The van der Waals surface area contributed by atoms with Gasteiger partial charge >= 0.3 is 0 Å². The van der Waals surface area contributed by atoms with Gasteiger partial charge in [-0.05, 0) is 61.0 Å². The number of para-hydroxylation sites is 1. The molecule has 192 valence electrons. The molecule has 37 heavy (non-hydrogen) atoms. The van der Waals surface area contributed by atoms with Crippen LogP contribution in [0.5, 0.6) is 11.5 Å². The van der Waals surface area contributed by atoms with Crippen LogP contribution in [0.2, 0.25) is 0 Å². The summed E-state index contributed by atoms with van der Waals surface area (Å²) < 4.78 is 38.1. The van der Waals surface area contributed by atoms with Crippen molar-refractivity contribution in [1.82, 2.24) is 0 Å². The molecule has 1 heterocycles. The van der Waals surface area contributed by atoms with Gasteiger partial charge in [-0.15, -0.1) is 0 Å². The summed E-state index contributed by atoms with van der Waals surface area (Å²) in [5, 5.41) is 1.51.